The summed E-state index contributed by atoms with van der Waals surface area (Å²) >= 11 is 0. The minimum Gasteiger partial charge on any atom is -0.376 e. The molecular weight excluding hydrogens is 226 g/mol. The lowest BCUT2D eigenvalue weighted by Crippen LogP contribution is -2.42. The van der Waals surface area contributed by atoms with Crippen LogP contribution in [0.4, 0.5) is 0 Å². The molecule has 2 unspecified atom stereocenters. The molecule has 3 heteroatoms. The molecule has 0 aromatic rings. The van der Waals surface area contributed by atoms with E-state index in [0.29, 0.717) is 24.9 Å². The fourth-order valence-corrected chi connectivity index (χ4v) is 2.63. The third-order valence-electron chi connectivity index (χ3n) is 3.54. The molecule has 0 bridgehead atoms. The van der Waals surface area contributed by atoms with Gasteiger partial charge in [-0.3, -0.25) is 0 Å². The van der Waals surface area contributed by atoms with Crippen molar-refractivity contribution in [1.29, 1.82) is 0 Å². The van der Waals surface area contributed by atoms with Crippen molar-refractivity contribution < 1.29 is 9.47 Å². The Hall–Kier alpha value is -0.120. The Morgan fingerprint density at radius 3 is 2.44 bits per heavy atom. The summed E-state index contributed by atoms with van der Waals surface area (Å²) in [4.78, 5) is 0. The molecule has 108 valence electrons. The van der Waals surface area contributed by atoms with E-state index in [2.05, 4.69) is 26.1 Å². The summed E-state index contributed by atoms with van der Waals surface area (Å²) in [5.74, 6) is 0. The van der Waals surface area contributed by atoms with Crippen molar-refractivity contribution >= 4 is 0 Å². The van der Waals surface area contributed by atoms with Gasteiger partial charge in [-0.05, 0) is 33.2 Å². The van der Waals surface area contributed by atoms with Gasteiger partial charge in [0.15, 0.2) is 0 Å². The molecule has 0 radical (unpaired) electrons. The molecule has 1 aliphatic rings. The second kappa shape index (κ2) is 9.76. The van der Waals surface area contributed by atoms with Crippen molar-refractivity contribution in [2.75, 3.05) is 19.8 Å². The van der Waals surface area contributed by atoms with Gasteiger partial charge in [-0.15, -0.1) is 0 Å². The first kappa shape index (κ1) is 15.9. The van der Waals surface area contributed by atoms with Gasteiger partial charge < -0.3 is 14.8 Å². The first-order valence-electron chi connectivity index (χ1n) is 7.70. The third-order valence-corrected chi connectivity index (χ3v) is 3.54. The molecule has 1 N–H and O–H groups in total. The predicted molar refractivity (Wildman–Crippen MR) is 76.0 cm³/mol. The normalized spacial score (nSPS) is 26.0. The molecule has 0 aromatic heterocycles. The second-order valence-corrected chi connectivity index (χ2v) is 5.48. The molecule has 0 saturated heterocycles. The van der Waals surface area contributed by atoms with E-state index in [4.69, 9.17) is 9.47 Å². The SMILES string of the molecule is CCNC1CCCCCCC1OCCOC(C)C. The number of rotatable bonds is 7. The maximum atomic E-state index is 6.05. The van der Waals surface area contributed by atoms with Crippen LogP contribution in [0.15, 0.2) is 0 Å². The molecule has 0 amide bonds. The number of nitrogens with one attached hydrogen (secondary N) is 1. The predicted octanol–water partition coefficient (Wildman–Crippen LogP) is 3.13. The number of hydrogen-bond donors (Lipinski definition) is 1. The average Bonchev–Trinajstić information content (AvgIpc) is 2.31. The van der Waals surface area contributed by atoms with Gasteiger partial charge in [-0.25, -0.2) is 0 Å². The van der Waals surface area contributed by atoms with Crippen molar-refractivity contribution in [3.63, 3.8) is 0 Å². The average molecular weight is 257 g/mol. The van der Waals surface area contributed by atoms with Crippen molar-refractivity contribution in [2.45, 2.75) is 77.5 Å². The summed E-state index contributed by atoms with van der Waals surface area (Å²) in [6.07, 6.45) is 8.50. The first-order valence-corrected chi connectivity index (χ1v) is 7.70. The lowest BCUT2D eigenvalue weighted by molar-refractivity contribution is -0.0316. The van der Waals surface area contributed by atoms with E-state index < -0.39 is 0 Å². The summed E-state index contributed by atoms with van der Waals surface area (Å²) in [5, 5.41) is 3.59. The Labute approximate surface area is 113 Å². The number of ether oxygens (including phenoxy) is 2. The first-order chi connectivity index (χ1) is 8.74. The maximum absolute atomic E-state index is 6.05. The lowest BCUT2D eigenvalue weighted by atomic mass is 9.94. The smallest absolute Gasteiger partial charge is 0.0729 e. The highest BCUT2D eigenvalue weighted by atomic mass is 16.5. The van der Waals surface area contributed by atoms with Gasteiger partial charge in [0.25, 0.3) is 0 Å². The van der Waals surface area contributed by atoms with Crippen molar-refractivity contribution in [2.24, 2.45) is 0 Å². The summed E-state index contributed by atoms with van der Waals surface area (Å²) in [5.41, 5.74) is 0. The van der Waals surface area contributed by atoms with E-state index in [1.807, 2.05) is 0 Å². The maximum Gasteiger partial charge on any atom is 0.0729 e. The molecule has 3 nitrogen and oxygen atoms in total. The van der Waals surface area contributed by atoms with Gasteiger partial charge in [0.2, 0.25) is 0 Å². The molecule has 1 rings (SSSR count). The molecule has 0 aliphatic heterocycles. The Morgan fingerprint density at radius 1 is 1.06 bits per heavy atom. The summed E-state index contributed by atoms with van der Waals surface area (Å²) in [6.45, 7) is 8.79. The van der Waals surface area contributed by atoms with Gasteiger partial charge in [0.1, 0.15) is 0 Å². The van der Waals surface area contributed by atoms with Crippen LogP contribution in [-0.4, -0.2) is 38.0 Å². The lowest BCUT2D eigenvalue weighted by Gasteiger charge is -2.30. The van der Waals surface area contributed by atoms with E-state index in [9.17, 15) is 0 Å². The Morgan fingerprint density at radius 2 is 1.78 bits per heavy atom. The van der Waals surface area contributed by atoms with Gasteiger partial charge in [0.05, 0.1) is 25.4 Å². The molecule has 0 spiro atoms. The van der Waals surface area contributed by atoms with Crippen molar-refractivity contribution in [3.05, 3.63) is 0 Å². The number of hydrogen-bond acceptors (Lipinski definition) is 3. The van der Waals surface area contributed by atoms with Crippen LogP contribution in [0, 0.1) is 0 Å². The Bertz CT molecular complexity index is 197. The standard InChI is InChI=1S/C15H31NO2/c1-4-16-14-9-7-5-6-8-10-15(14)18-12-11-17-13(2)3/h13-16H,4-12H2,1-3H3. The van der Waals surface area contributed by atoms with E-state index in [1.165, 1.54) is 38.5 Å². The Kier molecular flexibility index (Phi) is 8.64. The third kappa shape index (κ3) is 6.72. The molecule has 18 heavy (non-hydrogen) atoms. The van der Waals surface area contributed by atoms with Crippen LogP contribution < -0.4 is 5.32 Å². The van der Waals surface area contributed by atoms with E-state index in [1.54, 1.807) is 0 Å². The zero-order valence-corrected chi connectivity index (χ0v) is 12.4. The van der Waals surface area contributed by atoms with Crippen LogP contribution >= 0.6 is 0 Å². The molecule has 1 saturated carbocycles. The zero-order chi connectivity index (χ0) is 13.2. The molecular formula is C15H31NO2. The molecule has 0 heterocycles. The molecule has 0 aromatic carbocycles. The van der Waals surface area contributed by atoms with Crippen LogP contribution in [0.5, 0.6) is 0 Å². The molecule has 1 aliphatic carbocycles. The van der Waals surface area contributed by atoms with Crippen molar-refractivity contribution in [1.82, 2.24) is 5.32 Å². The minimum atomic E-state index is 0.301. The highest BCUT2D eigenvalue weighted by Gasteiger charge is 2.22. The monoisotopic (exact) mass is 257 g/mol. The topological polar surface area (TPSA) is 30.5 Å². The zero-order valence-electron chi connectivity index (χ0n) is 12.4. The van der Waals surface area contributed by atoms with Crippen molar-refractivity contribution in [3.8, 4) is 0 Å². The quantitative estimate of drug-likeness (QED) is 0.711. The highest BCUT2D eigenvalue weighted by Crippen LogP contribution is 2.20. The van der Waals surface area contributed by atoms with Gasteiger partial charge in [0, 0.05) is 6.04 Å². The molecule has 2 atom stereocenters. The van der Waals surface area contributed by atoms with Gasteiger partial charge in [-0.2, -0.15) is 0 Å². The Balaban J connectivity index is 2.30. The number of likely N-dealkylation sites (N-methyl/N-ethyl adjacent to an activating group) is 1. The van der Waals surface area contributed by atoms with Gasteiger partial charge >= 0.3 is 0 Å². The second-order valence-electron chi connectivity index (χ2n) is 5.48. The fraction of sp³-hybridized carbons (Fsp3) is 1.00. The van der Waals surface area contributed by atoms with Crippen LogP contribution in [0.1, 0.15) is 59.3 Å². The van der Waals surface area contributed by atoms with Crippen LogP contribution in [0.2, 0.25) is 0 Å². The van der Waals surface area contributed by atoms with Crippen LogP contribution in [0.3, 0.4) is 0 Å². The largest absolute Gasteiger partial charge is 0.376 e. The summed E-state index contributed by atoms with van der Waals surface area (Å²) in [7, 11) is 0. The van der Waals surface area contributed by atoms with E-state index >= 15 is 0 Å². The van der Waals surface area contributed by atoms with E-state index in [0.717, 1.165) is 13.2 Å². The van der Waals surface area contributed by atoms with Gasteiger partial charge in [-0.1, -0.05) is 32.6 Å². The van der Waals surface area contributed by atoms with E-state index in [-0.39, 0.29) is 0 Å². The highest BCUT2D eigenvalue weighted by molar-refractivity contribution is 4.79. The fourth-order valence-electron chi connectivity index (χ4n) is 2.63. The minimum absolute atomic E-state index is 0.301. The summed E-state index contributed by atoms with van der Waals surface area (Å²) in [6, 6.07) is 0.536. The van der Waals surface area contributed by atoms with Crippen LogP contribution in [-0.2, 0) is 9.47 Å². The summed E-state index contributed by atoms with van der Waals surface area (Å²) < 4.78 is 11.6. The van der Waals surface area contributed by atoms with Crippen LogP contribution in [0.25, 0.3) is 0 Å². The molecule has 1 fully saturated rings.